The van der Waals surface area contributed by atoms with Crippen LogP contribution in [0.25, 0.3) is 0 Å². The fraction of sp³-hybridized carbons (Fsp3) is 0.667. The van der Waals surface area contributed by atoms with E-state index in [1.807, 2.05) is 0 Å². The summed E-state index contributed by atoms with van der Waals surface area (Å²) in [5.41, 5.74) is 2.50. The van der Waals surface area contributed by atoms with Gasteiger partial charge in [0.15, 0.2) is 11.6 Å². The molecule has 0 radical (unpaired) electrons. The molecule has 4 N–H and O–H groups in total. The highest BCUT2D eigenvalue weighted by atomic mass is 16.5. The van der Waals surface area contributed by atoms with E-state index in [9.17, 15) is 0 Å². The lowest BCUT2D eigenvalue weighted by molar-refractivity contribution is 0.237. The number of nitrogens with two attached hydrogens (primary N) is 1. The molecule has 1 aromatic heterocycles. The van der Waals surface area contributed by atoms with Crippen molar-refractivity contribution in [1.29, 1.82) is 0 Å². The van der Waals surface area contributed by atoms with Crippen LogP contribution in [0.5, 0.6) is 5.75 Å². The molecule has 0 aliphatic carbocycles. The van der Waals surface area contributed by atoms with E-state index in [1.165, 1.54) is 38.7 Å². The van der Waals surface area contributed by atoms with Crippen LogP contribution in [0.3, 0.4) is 0 Å². The van der Waals surface area contributed by atoms with Gasteiger partial charge in [-0.3, -0.25) is 0 Å². The lowest BCUT2D eigenvalue weighted by Crippen LogP contribution is -2.33. The van der Waals surface area contributed by atoms with Crippen molar-refractivity contribution in [2.45, 2.75) is 19.3 Å². The molecule has 19 heavy (non-hydrogen) atoms. The van der Waals surface area contributed by atoms with Crippen molar-refractivity contribution in [1.82, 2.24) is 14.9 Å². The van der Waals surface area contributed by atoms with Gasteiger partial charge in [-0.05, 0) is 25.9 Å². The number of rotatable bonds is 6. The second kappa shape index (κ2) is 7.10. The van der Waals surface area contributed by atoms with Gasteiger partial charge in [0, 0.05) is 13.1 Å². The third-order valence-electron chi connectivity index (χ3n) is 3.31. The van der Waals surface area contributed by atoms with E-state index in [-0.39, 0.29) is 0 Å². The number of hydrogen-bond donors (Lipinski definition) is 3. The van der Waals surface area contributed by atoms with E-state index in [2.05, 4.69) is 25.6 Å². The number of likely N-dealkylation sites (tertiary alicyclic amines) is 1. The lowest BCUT2D eigenvalue weighted by Gasteiger charge is -2.26. The Kier molecular flexibility index (Phi) is 5.17. The van der Waals surface area contributed by atoms with Crippen LogP contribution in [0.4, 0.5) is 11.6 Å². The summed E-state index contributed by atoms with van der Waals surface area (Å²) in [5.74, 6) is 7.08. The number of hydrazine groups is 1. The van der Waals surface area contributed by atoms with Crippen LogP contribution in [-0.4, -0.2) is 48.2 Å². The molecule has 0 aromatic carbocycles. The normalized spacial score (nSPS) is 16.1. The number of ether oxygens (including phenoxy) is 1. The third kappa shape index (κ3) is 3.68. The SMILES string of the molecule is COc1c(NN)ncnc1NCCN1CCCCC1. The van der Waals surface area contributed by atoms with Crippen LogP contribution in [0.1, 0.15) is 19.3 Å². The smallest absolute Gasteiger partial charge is 0.205 e. The van der Waals surface area contributed by atoms with Gasteiger partial charge < -0.3 is 20.4 Å². The molecule has 1 saturated heterocycles. The van der Waals surface area contributed by atoms with Crippen molar-refractivity contribution in [2.24, 2.45) is 5.84 Å². The predicted molar refractivity (Wildman–Crippen MR) is 75.2 cm³/mol. The Hall–Kier alpha value is -1.60. The van der Waals surface area contributed by atoms with Gasteiger partial charge in [-0.15, -0.1) is 0 Å². The highest BCUT2D eigenvalue weighted by molar-refractivity contribution is 5.62. The van der Waals surface area contributed by atoms with Crippen LogP contribution < -0.4 is 21.3 Å². The number of methoxy groups -OCH3 is 1. The maximum atomic E-state index is 5.38. The molecule has 0 unspecified atom stereocenters. The van der Waals surface area contributed by atoms with Crippen molar-refractivity contribution in [3.8, 4) is 5.75 Å². The Labute approximate surface area is 113 Å². The second-order valence-electron chi connectivity index (χ2n) is 4.58. The Morgan fingerprint density at radius 3 is 2.68 bits per heavy atom. The summed E-state index contributed by atoms with van der Waals surface area (Å²) in [5, 5.41) is 3.27. The van der Waals surface area contributed by atoms with E-state index < -0.39 is 0 Å². The molecule has 7 heteroatoms. The first-order valence-electron chi connectivity index (χ1n) is 6.67. The average molecular weight is 266 g/mol. The fourth-order valence-electron chi connectivity index (χ4n) is 2.31. The van der Waals surface area contributed by atoms with Crippen molar-refractivity contribution in [2.75, 3.05) is 44.0 Å². The van der Waals surface area contributed by atoms with Gasteiger partial charge in [0.25, 0.3) is 0 Å². The zero-order valence-corrected chi connectivity index (χ0v) is 11.4. The van der Waals surface area contributed by atoms with Crippen molar-refractivity contribution in [3.05, 3.63) is 6.33 Å². The Morgan fingerprint density at radius 2 is 2.00 bits per heavy atom. The first kappa shape index (κ1) is 13.8. The summed E-state index contributed by atoms with van der Waals surface area (Å²) in [6, 6.07) is 0. The van der Waals surface area contributed by atoms with Gasteiger partial charge in [0.05, 0.1) is 7.11 Å². The number of nitrogen functional groups attached to an aromatic ring is 1. The van der Waals surface area contributed by atoms with Gasteiger partial charge in [-0.25, -0.2) is 15.8 Å². The molecule has 1 fully saturated rings. The van der Waals surface area contributed by atoms with Gasteiger partial charge in [0.1, 0.15) is 6.33 Å². The fourth-order valence-corrected chi connectivity index (χ4v) is 2.31. The van der Waals surface area contributed by atoms with E-state index in [0.29, 0.717) is 17.4 Å². The number of aromatic nitrogens is 2. The zero-order chi connectivity index (χ0) is 13.5. The molecule has 2 heterocycles. The number of nitrogens with one attached hydrogen (secondary N) is 2. The van der Waals surface area contributed by atoms with Crippen molar-refractivity contribution < 1.29 is 4.74 Å². The highest BCUT2D eigenvalue weighted by Crippen LogP contribution is 2.27. The van der Waals surface area contributed by atoms with Gasteiger partial charge in [0.2, 0.25) is 5.75 Å². The van der Waals surface area contributed by atoms with E-state index in [0.717, 1.165) is 13.1 Å². The van der Waals surface area contributed by atoms with Gasteiger partial charge in [-0.1, -0.05) is 6.42 Å². The van der Waals surface area contributed by atoms with E-state index >= 15 is 0 Å². The topological polar surface area (TPSA) is 88.3 Å². The van der Waals surface area contributed by atoms with Crippen molar-refractivity contribution >= 4 is 11.6 Å². The molecule has 2 rings (SSSR count). The standard InChI is InChI=1S/C12H22N6O/c1-19-10-11(15-9-16-12(10)17-13)14-5-8-18-6-3-2-4-7-18/h9H,2-8,13H2,1H3,(H2,14,15,16,17). The average Bonchev–Trinajstić information content (AvgIpc) is 2.48. The molecule has 1 aliphatic rings. The molecule has 0 spiro atoms. The summed E-state index contributed by atoms with van der Waals surface area (Å²) in [6.45, 7) is 4.23. The van der Waals surface area contributed by atoms with Crippen LogP contribution >= 0.6 is 0 Å². The summed E-state index contributed by atoms with van der Waals surface area (Å²) in [4.78, 5) is 10.6. The van der Waals surface area contributed by atoms with Crippen LogP contribution in [0.15, 0.2) is 6.33 Å². The maximum Gasteiger partial charge on any atom is 0.205 e. The van der Waals surface area contributed by atoms with Gasteiger partial charge in [-0.2, -0.15) is 0 Å². The summed E-state index contributed by atoms with van der Waals surface area (Å²) >= 11 is 0. The van der Waals surface area contributed by atoms with Crippen LogP contribution in [0, 0.1) is 0 Å². The molecule has 1 aliphatic heterocycles. The maximum absolute atomic E-state index is 5.38. The largest absolute Gasteiger partial charge is 0.490 e. The van der Waals surface area contributed by atoms with Crippen LogP contribution in [-0.2, 0) is 0 Å². The van der Waals surface area contributed by atoms with Crippen LogP contribution in [0.2, 0.25) is 0 Å². The Morgan fingerprint density at radius 1 is 1.26 bits per heavy atom. The molecule has 7 nitrogen and oxygen atoms in total. The first-order chi connectivity index (χ1) is 9.35. The molecule has 1 aromatic rings. The molecule has 106 valence electrons. The predicted octanol–water partition coefficient (Wildman–Crippen LogP) is 0.669. The lowest BCUT2D eigenvalue weighted by atomic mass is 10.1. The minimum atomic E-state index is 0.484. The molecule has 0 bridgehead atoms. The Balaban J connectivity index is 1.88. The van der Waals surface area contributed by atoms with E-state index in [4.69, 9.17) is 10.6 Å². The quantitative estimate of drug-likeness (QED) is 0.515. The summed E-state index contributed by atoms with van der Waals surface area (Å²) in [6.07, 6.45) is 5.42. The number of hydrogen-bond acceptors (Lipinski definition) is 7. The molecular weight excluding hydrogens is 244 g/mol. The number of nitrogens with zero attached hydrogens (tertiary/aromatic N) is 3. The minimum absolute atomic E-state index is 0.484. The molecular formula is C12H22N6O. The highest BCUT2D eigenvalue weighted by Gasteiger charge is 2.12. The van der Waals surface area contributed by atoms with E-state index in [1.54, 1.807) is 7.11 Å². The summed E-state index contributed by atoms with van der Waals surface area (Å²) in [7, 11) is 1.58. The Bertz CT molecular complexity index is 394. The number of piperidine rings is 1. The second-order valence-corrected chi connectivity index (χ2v) is 4.58. The minimum Gasteiger partial charge on any atom is -0.490 e. The van der Waals surface area contributed by atoms with Crippen molar-refractivity contribution in [3.63, 3.8) is 0 Å². The zero-order valence-electron chi connectivity index (χ0n) is 11.4. The third-order valence-corrected chi connectivity index (χ3v) is 3.31. The first-order valence-corrected chi connectivity index (χ1v) is 6.67. The molecule has 0 amide bonds. The summed E-state index contributed by atoms with van der Waals surface area (Å²) < 4.78 is 5.27. The van der Waals surface area contributed by atoms with Gasteiger partial charge >= 0.3 is 0 Å². The monoisotopic (exact) mass is 266 g/mol. The number of anilines is 2. The molecule has 0 saturated carbocycles. The molecule has 0 atom stereocenters.